The van der Waals surface area contributed by atoms with Crippen molar-refractivity contribution in [3.63, 3.8) is 0 Å². The molecule has 1 aliphatic rings. The van der Waals surface area contributed by atoms with Gasteiger partial charge in [0.15, 0.2) is 0 Å². The van der Waals surface area contributed by atoms with E-state index < -0.39 is 22.7 Å². The number of aromatic nitrogens is 1. The number of thiol groups is 1. The summed E-state index contributed by atoms with van der Waals surface area (Å²) >= 11 is 0. The van der Waals surface area contributed by atoms with Crippen LogP contribution in [0.1, 0.15) is 11.3 Å². The van der Waals surface area contributed by atoms with Gasteiger partial charge < -0.3 is 10.6 Å². The van der Waals surface area contributed by atoms with Crippen molar-refractivity contribution in [1.29, 1.82) is 0 Å². The Hall–Kier alpha value is -2.56. The van der Waals surface area contributed by atoms with Crippen LogP contribution >= 0.6 is 0 Å². The summed E-state index contributed by atoms with van der Waals surface area (Å²) in [6.07, 6.45) is 1.54. The zero-order valence-corrected chi connectivity index (χ0v) is 16.3. The number of piperazine rings is 1. The second-order valence-electron chi connectivity index (χ2n) is 6.58. The number of halogens is 1. The molecule has 1 saturated heterocycles. The third-order valence-corrected chi connectivity index (χ3v) is 5.23. The molecule has 2 aromatic rings. The summed E-state index contributed by atoms with van der Waals surface area (Å²) in [6, 6.07) is 7.38. The number of benzene rings is 1. The number of hydrogen-bond acceptors (Lipinski definition) is 5. The second-order valence-corrected chi connectivity index (χ2v) is 7.62. The van der Waals surface area contributed by atoms with E-state index in [1.165, 1.54) is 16.4 Å². The molecule has 150 valence electrons. The quantitative estimate of drug-likeness (QED) is 0.658. The maximum Gasteiger partial charge on any atom is 0.323 e. The molecule has 1 aliphatic heterocycles. The summed E-state index contributed by atoms with van der Waals surface area (Å²) in [5, 5.41) is 5.27. The molecule has 3 rings (SSSR count). The fourth-order valence-electron chi connectivity index (χ4n) is 2.97. The van der Waals surface area contributed by atoms with E-state index in [2.05, 4.69) is 15.6 Å². The van der Waals surface area contributed by atoms with Crippen molar-refractivity contribution in [3.8, 4) is 0 Å². The fourth-order valence-corrected chi connectivity index (χ4v) is 3.47. The first-order valence-corrected chi connectivity index (χ1v) is 9.94. The number of rotatable bonds is 5. The lowest BCUT2D eigenvalue weighted by Gasteiger charge is -2.31. The highest BCUT2D eigenvalue weighted by Gasteiger charge is 2.18. The molecular weight excluding hydrogens is 385 g/mol. The van der Waals surface area contributed by atoms with Crippen LogP contribution in [-0.4, -0.2) is 54.8 Å². The Morgan fingerprint density at radius 3 is 2.46 bits per heavy atom. The molecule has 0 aliphatic carbocycles. The summed E-state index contributed by atoms with van der Waals surface area (Å²) in [4.78, 5) is 18.3. The molecule has 0 radical (unpaired) electrons. The van der Waals surface area contributed by atoms with E-state index in [0.29, 0.717) is 49.7 Å². The van der Waals surface area contributed by atoms with Crippen LogP contribution in [0.2, 0.25) is 0 Å². The third-order valence-electron chi connectivity index (χ3n) is 4.37. The maximum atomic E-state index is 14.0. The minimum absolute atomic E-state index is 0.342. The Labute approximate surface area is 164 Å². The number of aryl methyl sites for hydroxylation is 1. The lowest BCUT2D eigenvalue weighted by molar-refractivity contribution is 0.184. The number of nitrogens with one attached hydrogen (secondary N) is 2. The Balaban J connectivity index is 1.60. The zero-order chi connectivity index (χ0) is 20.1. The summed E-state index contributed by atoms with van der Waals surface area (Å²) in [5.41, 5.74) is 2.42. The Bertz CT molecular complexity index is 904. The number of carbonyl (C=O) groups excluding carboxylic acids is 1. The third kappa shape index (κ3) is 5.72. The summed E-state index contributed by atoms with van der Waals surface area (Å²) in [5.74, 6) is -0.453. The Morgan fingerprint density at radius 2 is 1.82 bits per heavy atom. The van der Waals surface area contributed by atoms with Crippen LogP contribution in [0.4, 0.5) is 20.6 Å². The highest BCUT2D eigenvalue weighted by atomic mass is 32.2. The molecule has 0 unspecified atom stereocenters. The minimum Gasteiger partial charge on any atom is -0.308 e. The zero-order valence-electron chi connectivity index (χ0n) is 15.4. The molecule has 2 amide bonds. The summed E-state index contributed by atoms with van der Waals surface area (Å²) in [6.45, 7) is 4.31. The highest BCUT2D eigenvalue weighted by Crippen LogP contribution is 2.17. The topological polar surface area (TPSA) is 94.6 Å². The van der Waals surface area contributed by atoms with Gasteiger partial charge in [-0.2, -0.15) is 0 Å². The van der Waals surface area contributed by atoms with Crippen molar-refractivity contribution in [3.05, 3.63) is 53.6 Å². The smallest absolute Gasteiger partial charge is 0.308 e. The second kappa shape index (κ2) is 9.09. The molecule has 2 heterocycles. The van der Waals surface area contributed by atoms with Gasteiger partial charge in [0.1, 0.15) is 5.82 Å². The van der Waals surface area contributed by atoms with Crippen molar-refractivity contribution < 1.29 is 17.6 Å². The number of amides is 2. The molecule has 8 nitrogen and oxygen atoms in total. The predicted octanol–water partition coefficient (Wildman–Crippen LogP) is 1.82. The molecule has 10 heteroatoms. The number of hydrogen-bond donors (Lipinski definition) is 3. The molecule has 0 atom stereocenters. The lowest BCUT2D eigenvalue weighted by Crippen LogP contribution is -2.45. The average Bonchev–Trinajstić information content (AvgIpc) is 2.63. The van der Waals surface area contributed by atoms with Crippen LogP contribution in [0, 0.1) is 12.7 Å². The Morgan fingerprint density at radius 1 is 1.11 bits per heavy atom. The molecule has 28 heavy (non-hydrogen) atoms. The normalized spacial score (nSPS) is 15.5. The van der Waals surface area contributed by atoms with E-state index in [1.807, 2.05) is 11.8 Å². The highest BCUT2D eigenvalue weighted by molar-refractivity contribution is 7.69. The number of urea groups is 1. The van der Waals surface area contributed by atoms with E-state index in [1.54, 1.807) is 24.4 Å². The van der Waals surface area contributed by atoms with Gasteiger partial charge in [0, 0.05) is 44.1 Å². The first-order chi connectivity index (χ1) is 13.4. The number of anilines is 2. The van der Waals surface area contributed by atoms with Crippen LogP contribution in [0.25, 0.3) is 0 Å². The van der Waals surface area contributed by atoms with Gasteiger partial charge >= 0.3 is 6.03 Å². The van der Waals surface area contributed by atoms with Gasteiger partial charge in [-0.1, -0.05) is 0 Å². The SMILES string of the molecule is Cc1ccc(NC(=O)Nc2cc(F)cc(CN3CCN([SH](=O)=O)CC3)c2)cn1. The van der Waals surface area contributed by atoms with E-state index in [4.69, 9.17) is 0 Å². The van der Waals surface area contributed by atoms with E-state index in [-0.39, 0.29) is 0 Å². The van der Waals surface area contributed by atoms with Gasteiger partial charge in [0.2, 0.25) is 10.9 Å². The molecule has 1 aromatic carbocycles. The van der Waals surface area contributed by atoms with Crippen LogP contribution in [0.15, 0.2) is 36.5 Å². The van der Waals surface area contributed by atoms with Crippen molar-refractivity contribution in [2.24, 2.45) is 0 Å². The number of carbonyl (C=O) groups is 1. The molecule has 1 aromatic heterocycles. The van der Waals surface area contributed by atoms with Gasteiger partial charge in [-0.05, 0) is 42.8 Å². The lowest BCUT2D eigenvalue weighted by atomic mass is 10.1. The average molecular weight is 407 g/mol. The van der Waals surface area contributed by atoms with Crippen LogP contribution < -0.4 is 10.6 Å². The molecule has 0 spiro atoms. The Kier molecular flexibility index (Phi) is 6.55. The summed E-state index contributed by atoms with van der Waals surface area (Å²) in [7, 11) is -2.55. The van der Waals surface area contributed by atoms with Gasteiger partial charge in [-0.3, -0.25) is 9.88 Å². The largest absolute Gasteiger partial charge is 0.323 e. The molecule has 0 saturated carbocycles. The summed E-state index contributed by atoms with van der Waals surface area (Å²) < 4.78 is 37.4. The van der Waals surface area contributed by atoms with Crippen molar-refractivity contribution >= 4 is 28.3 Å². The van der Waals surface area contributed by atoms with E-state index in [9.17, 15) is 17.6 Å². The van der Waals surface area contributed by atoms with Crippen LogP contribution in [0.3, 0.4) is 0 Å². The van der Waals surface area contributed by atoms with E-state index in [0.717, 1.165) is 5.69 Å². The minimum atomic E-state index is -2.55. The first kappa shape index (κ1) is 20.2. The predicted molar refractivity (Wildman–Crippen MR) is 105 cm³/mol. The van der Waals surface area contributed by atoms with Gasteiger partial charge in [-0.25, -0.2) is 21.9 Å². The van der Waals surface area contributed by atoms with Crippen molar-refractivity contribution in [1.82, 2.24) is 14.2 Å². The monoisotopic (exact) mass is 407 g/mol. The standard InChI is InChI=1S/C18H22FN5O3S/c1-13-2-3-16(11-20-13)21-18(25)22-17-9-14(8-15(19)10-17)12-23-4-6-24(7-5-23)28(26)27/h2-3,8-11,28H,4-7,12H2,1H3,(H2,21,22,25). The molecule has 1 fully saturated rings. The number of nitrogens with zero attached hydrogens (tertiary/aromatic N) is 3. The molecular formula is C18H22FN5O3S. The van der Waals surface area contributed by atoms with Gasteiger partial charge in [-0.15, -0.1) is 0 Å². The maximum absolute atomic E-state index is 14.0. The van der Waals surface area contributed by atoms with Crippen LogP contribution in [0.5, 0.6) is 0 Å². The van der Waals surface area contributed by atoms with Crippen molar-refractivity contribution in [2.45, 2.75) is 13.5 Å². The number of pyridine rings is 1. The van der Waals surface area contributed by atoms with Crippen LogP contribution in [-0.2, 0) is 17.4 Å². The van der Waals surface area contributed by atoms with E-state index >= 15 is 0 Å². The van der Waals surface area contributed by atoms with Gasteiger partial charge in [0.25, 0.3) is 0 Å². The molecule has 2 N–H and O–H groups in total. The fraction of sp³-hybridized carbons (Fsp3) is 0.333. The van der Waals surface area contributed by atoms with Gasteiger partial charge in [0.05, 0.1) is 11.9 Å². The first-order valence-electron chi connectivity index (χ1n) is 8.81. The van der Waals surface area contributed by atoms with Crippen molar-refractivity contribution in [2.75, 3.05) is 36.8 Å². The molecule has 0 bridgehead atoms.